The van der Waals surface area contributed by atoms with E-state index in [1.807, 2.05) is 0 Å². The van der Waals surface area contributed by atoms with E-state index in [4.69, 9.17) is 23.2 Å². The number of rotatable bonds is 5. The molecule has 0 saturated heterocycles. The van der Waals surface area contributed by atoms with Crippen LogP contribution in [0.25, 0.3) is 0 Å². The molecule has 0 aliphatic heterocycles. The number of pyridine rings is 1. The number of carbonyl (C=O) groups excluding carboxylic acids is 1. The van der Waals surface area contributed by atoms with Gasteiger partial charge in [0.15, 0.2) is 5.69 Å². The van der Waals surface area contributed by atoms with Gasteiger partial charge < -0.3 is 4.74 Å². The van der Waals surface area contributed by atoms with E-state index in [0.717, 1.165) is 0 Å². The van der Waals surface area contributed by atoms with Crippen molar-refractivity contribution in [3.05, 3.63) is 57.8 Å². The number of nitrogens with zero attached hydrogens (tertiary/aromatic N) is 1. The molecule has 1 N–H and O–H groups in total. The molecule has 0 fully saturated rings. The molecule has 9 heteroatoms. The monoisotopic (exact) mass is 374 g/mol. The molecule has 0 aliphatic rings. The second-order valence-electron chi connectivity index (χ2n) is 4.45. The molecule has 1 aromatic heterocycles. The van der Waals surface area contributed by atoms with Crippen LogP contribution in [0.15, 0.2) is 36.5 Å². The summed E-state index contributed by atoms with van der Waals surface area (Å²) in [5, 5.41) is 0.476. The highest BCUT2D eigenvalue weighted by Crippen LogP contribution is 2.27. The van der Waals surface area contributed by atoms with Gasteiger partial charge in [-0.25, -0.2) is 18.2 Å². The Balaban J connectivity index is 2.31. The largest absolute Gasteiger partial charge is 0.464 e. The number of sulfonamides is 1. The Hall–Kier alpha value is -1.83. The molecule has 6 nitrogen and oxygen atoms in total. The summed E-state index contributed by atoms with van der Waals surface area (Å²) < 4.78 is 31.5. The van der Waals surface area contributed by atoms with Crippen molar-refractivity contribution in [1.29, 1.82) is 0 Å². The van der Waals surface area contributed by atoms with Gasteiger partial charge >= 0.3 is 5.97 Å². The molecule has 0 unspecified atom stereocenters. The Bertz CT molecular complexity index is 820. The standard InChI is InChI=1S/C14H12Cl2N2O4S/c1-22-14(19)13-12(6-3-7-17-13)18-23(20,21)8-9-10(15)4-2-5-11(9)16/h2-7,18H,8H2,1H3. The highest BCUT2D eigenvalue weighted by Gasteiger charge is 2.20. The molecule has 0 bridgehead atoms. The zero-order chi connectivity index (χ0) is 17.0. The number of carbonyl (C=O) groups is 1. The molecule has 0 amide bonds. The Kier molecular flexibility index (Phi) is 5.46. The lowest BCUT2D eigenvalue weighted by Crippen LogP contribution is -2.18. The molecule has 0 atom stereocenters. The van der Waals surface area contributed by atoms with Crippen LogP contribution in [0.3, 0.4) is 0 Å². The molecule has 1 heterocycles. The van der Waals surface area contributed by atoms with Crippen LogP contribution in [0.2, 0.25) is 10.0 Å². The molecule has 122 valence electrons. The molecular formula is C14H12Cl2N2O4S. The van der Waals surface area contributed by atoms with Crippen LogP contribution >= 0.6 is 23.2 Å². The predicted octanol–water partition coefficient (Wildman–Crippen LogP) is 3.12. The number of esters is 1. The number of hydrogen-bond acceptors (Lipinski definition) is 5. The maximum absolute atomic E-state index is 12.3. The van der Waals surface area contributed by atoms with Gasteiger partial charge in [-0.1, -0.05) is 29.3 Å². The SMILES string of the molecule is COC(=O)c1ncccc1NS(=O)(=O)Cc1c(Cl)cccc1Cl. The van der Waals surface area contributed by atoms with Crippen LogP contribution in [-0.4, -0.2) is 26.5 Å². The van der Waals surface area contributed by atoms with Crippen LogP contribution < -0.4 is 4.72 Å². The first-order chi connectivity index (χ1) is 10.8. The predicted molar refractivity (Wildman–Crippen MR) is 88.3 cm³/mol. The maximum Gasteiger partial charge on any atom is 0.358 e. The quantitative estimate of drug-likeness (QED) is 0.812. The Labute approximate surface area is 143 Å². The van der Waals surface area contributed by atoms with Crippen molar-refractivity contribution in [3.63, 3.8) is 0 Å². The molecule has 0 saturated carbocycles. The molecule has 2 aromatic rings. The lowest BCUT2D eigenvalue weighted by atomic mass is 10.2. The zero-order valence-corrected chi connectivity index (χ0v) is 14.2. The summed E-state index contributed by atoms with van der Waals surface area (Å²) >= 11 is 12.0. The van der Waals surface area contributed by atoms with Crippen molar-refractivity contribution in [1.82, 2.24) is 4.98 Å². The van der Waals surface area contributed by atoms with E-state index in [1.54, 1.807) is 18.2 Å². The van der Waals surface area contributed by atoms with E-state index in [9.17, 15) is 13.2 Å². The van der Waals surface area contributed by atoms with E-state index < -0.39 is 21.7 Å². The highest BCUT2D eigenvalue weighted by molar-refractivity contribution is 7.91. The van der Waals surface area contributed by atoms with Gasteiger partial charge in [0.05, 0.1) is 18.6 Å². The first-order valence-electron chi connectivity index (χ1n) is 6.31. The average molecular weight is 375 g/mol. The number of nitrogens with one attached hydrogen (secondary N) is 1. The molecule has 2 rings (SSSR count). The van der Waals surface area contributed by atoms with E-state index in [-0.39, 0.29) is 27.0 Å². The van der Waals surface area contributed by atoms with Crippen molar-refractivity contribution >= 4 is 44.9 Å². The molecule has 0 aliphatic carbocycles. The maximum atomic E-state index is 12.3. The molecule has 23 heavy (non-hydrogen) atoms. The van der Waals surface area contributed by atoms with Gasteiger partial charge in [0.25, 0.3) is 0 Å². The van der Waals surface area contributed by atoms with Crippen LogP contribution in [0.4, 0.5) is 5.69 Å². The summed E-state index contributed by atoms with van der Waals surface area (Å²) in [6, 6.07) is 7.60. The Morgan fingerprint density at radius 3 is 2.48 bits per heavy atom. The summed E-state index contributed by atoms with van der Waals surface area (Å²) in [4.78, 5) is 15.4. The third kappa shape index (κ3) is 4.34. The second-order valence-corrected chi connectivity index (χ2v) is 6.99. The minimum absolute atomic E-state index is 0.0162. The number of hydrogen-bond donors (Lipinski definition) is 1. The second kappa shape index (κ2) is 7.16. The van der Waals surface area contributed by atoms with E-state index in [2.05, 4.69) is 14.4 Å². The summed E-state index contributed by atoms with van der Waals surface area (Å²) in [6.45, 7) is 0. The van der Waals surface area contributed by atoms with Gasteiger partial charge in [-0.15, -0.1) is 0 Å². The molecule has 1 aromatic carbocycles. The van der Waals surface area contributed by atoms with Crippen LogP contribution in [0, 0.1) is 0 Å². The number of anilines is 1. The normalized spacial score (nSPS) is 11.1. The summed E-state index contributed by atoms with van der Waals surface area (Å²) in [6.07, 6.45) is 1.36. The highest BCUT2D eigenvalue weighted by atomic mass is 35.5. The van der Waals surface area contributed by atoms with Crippen molar-refractivity contribution in [2.45, 2.75) is 5.75 Å². The zero-order valence-electron chi connectivity index (χ0n) is 11.9. The van der Waals surface area contributed by atoms with Gasteiger partial charge in [-0.05, 0) is 24.3 Å². The fourth-order valence-corrected chi connectivity index (χ4v) is 3.76. The summed E-state index contributed by atoms with van der Waals surface area (Å²) in [7, 11) is -2.68. The number of benzene rings is 1. The lowest BCUT2D eigenvalue weighted by Gasteiger charge is -2.12. The van der Waals surface area contributed by atoms with E-state index in [0.29, 0.717) is 0 Å². The molecule has 0 spiro atoms. The van der Waals surface area contributed by atoms with Crippen LogP contribution in [0.1, 0.15) is 16.1 Å². The topological polar surface area (TPSA) is 85.4 Å². The first kappa shape index (κ1) is 17.5. The van der Waals surface area contributed by atoms with E-state index in [1.165, 1.54) is 25.4 Å². The number of halogens is 2. The van der Waals surface area contributed by atoms with Crippen molar-refractivity contribution < 1.29 is 17.9 Å². The van der Waals surface area contributed by atoms with Crippen LogP contribution in [0.5, 0.6) is 0 Å². The van der Waals surface area contributed by atoms with Gasteiger partial charge in [0.2, 0.25) is 10.0 Å². The first-order valence-corrected chi connectivity index (χ1v) is 8.71. The van der Waals surface area contributed by atoms with Gasteiger partial charge in [-0.2, -0.15) is 0 Å². The minimum Gasteiger partial charge on any atom is -0.464 e. The Morgan fingerprint density at radius 1 is 1.22 bits per heavy atom. The van der Waals surface area contributed by atoms with Crippen molar-refractivity contribution in [2.24, 2.45) is 0 Å². The van der Waals surface area contributed by atoms with Gasteiger partial charge in [0.1, 0.15) is 0 Å². The number of aromatic nitrogens is 1. The van der Waals surface area contributed by atoms with E-state index >= 15 is 0 Å². The Morgan fingerprint density at radius 2 is 1.87 bits per heavy atom. The van der Waals surface area contributed by atoms with Gasteiger partial charge in [0, 0.05) is 21.8 Å². The summed E-state index contributed by atoms with van der Waals surface area (Å²) in [5.74, 6) is -1.19. The van der Waals surface area contributed by atoms with Crippen LogP contribution in [-0.2, 0) is 20.5 Å². The third-order valence-electron chi connectivity index (χ3n) is 2.85. The van der Waals surface area contributed by atoms with Crippen molar-refractivity contribution in [2.75, 3.05) is 11.8 Å². The number of methoxy groups -OCH3 is 1. The fraction of sp³-hybridized carbons (Fsp3) is 0.143. The average Bonchev–Trinajstić information content (AvgIpc) is 2.50. The minimum atomic E-state index is -3.86. The fourth-order valence-electron chi connectivity index (χ4n) is 1.81. The number of ether oxygens (including phenoxy) is 1. The smallest absolute Gasteiger partial charge is 0.358 e. The lowest BCUT2D eigenvalue weighted by molar-refractivity contribution is 0.0595. The summed E-state index contributed by atoms with van der Waals surface area (Å²) in [5.41, 5.74) is 0.151. The third-order valence-corrected chi connectivity index (χ3v) is 4.76. The molecule has 0 radical (unpaired) electrons. The molecular weight excluding hydrogens is 363 g/mol. The van der Waals surface area contributed by atoms with Crippen molar-refractivity contribution in [3.8, 4) is 0 Å². The van der Waals surface area contributed by atoms with Gasteiger partial charge in [-0.3, -0.25) is 4.72 Å².